The van der Waals surface area contributed by atoms with Gasteiger partial charge in [0, 0.05) is 19.1 Å². The zero-order chi connectivity index (χ0) is 19.2. The summed E-state index contributed by atoms with van der Waals surface area (Å²) >= 11 is 0. The van der Waals surface area contributed by atoms with Crippen molar-refractivity contribution in [2.45, 2.75) is 39.0 Å². The molecule has 1 N–H and O–H groups in total. The van der Waals surface area contributed by atoms with Gasteiger partial charge in [0.2, 0.25) is 0 Å². The molecule has 0 bridgehead atoms. The highest BCUT2D eigenvalue weighted by molar-refractivity contribution is 5.84. The fourth-order valence-electron chi connectivity index (χ4n) is 3.37. The van der Waals surface area contributed by atoms with Crippen molar-refractivity contribution in [3.63, 3.8) is 0 Å². The summed E-state index contributed by atoms with van der Waals surface area (Å²) in [6.07, 6.45) is 0.251. The molecule has 0 spiro atoms. The van der Waals surface area contributed by atoms with Gasteiger partial charge in [0.05, 0.1) is 13.2 Å². The van der Waals surface area contributed by atoms with Gasteiger partial charge in [-0.25, -0.2) is 0 Å². The number of hydrogen-bond acceptors (Lipinski definition) is 3. The summed E-state index contributed by atoms with van der Waals surface area (Å²) < 4.78 is 5.28. The Bertz CT molecular complexity index is 861. The van der Waals surface area contributed by atoms with Crippen LogP contribution < -0.4 is 4.74 Å². The molecule has 27 heavy (non-hydrogen) atoms. The van der Waals surface area contributed by atoms with Crippen LogP contribution in [0.4, 0.5) is 0 Å². The Morgan fingerprint density at radius 2 is 1.63 bits per heavy atom. The molecule has 1 unspecified atom stereocenters. The molecular weight excluding hydrogens is 334 g/mol. The Kier molecular flexibility index (Phi) is 6.49. The summed E-state index contributed by atoms with van der Waals surface area (Å²) in [7, 11) is 1.68. The van der Waals surface area contributed by atoms with E-state index >= 15 is 0 Å². The number of ether oxygens (including phenoxy) is 1. The van der Waals surface area contributed by atoms with Gasteiger partial charge in [-0.05, 0) is 60.4 Å². The number of hydrogen-bond donors (Lipinski definition) is 1. The number of methoxy groups -OCH3 is 1. The summed E-state index contributed by atoms with van der Waals surface area (Å²) in [5, 5.41) is 13.0. The number of aliphatic hydroxyl groups excluding tert-OH is 1. The SMILES string of the molecule is COc1ccc2cc(C(O)CCN(Cc3ccccc3)C(C)C)ccc2c1. The van der Waals surface area contributed by atoms with Crippen LogP contribution >= 0.6 is 0 Å². The third-order valence-electron chi connectivity index (χ3n) is 5.10. The van der Waals surface area contributed by atoms with E-state index in [0.29, 0.717) is 12.5 Å². The van der Waals surface area contributed by atoms with E-state index in [4.69, 9.17) is 4.74 Å². The number of fused-ring (bicyclic) bond motifs is 1. The second kappa shape index (κ2) is 9.03. The lowest BCUT2D eigenvalue weighted by molar-refractivity contribution is 0.127. The van der Waals surface area contributed by atoms with E-state index in [9.17, 15) is 5.11 Å². The van der Waals surface area contributed by atoms with E-state index in [2.05, 4.69) is 55.1 Å². The van der Waals surface area contributed by atoms with Gasteiger partial charge in [0.25, 0.3) is 0 Å². The lowest BCUT2D eigenvalue weighted by Gasteiger charge is -2.27. The molecular formula is C24H29NO2. The molecule has 3 nitrogen and oxygen atoms in total. The van der Waals surface area contributed by atoms with E-state index in [1.54, 1.807) is 7.11 Å². The zero-order valence-electron chi connectivity index (χ0n) is 16.4. The molecule has 0 fully saturated rings. The third-order valence-corrected chi connectivity index (χ3v) is 5.10. The van der Waals surface area contributed by atoms with Crippen LogP contribution in [-0.4, -0.2) is 29.7 Å². The highest BCUT2D eigenvalue weighted by Crippen LogP contribution is 2.26. The molecule has 0 saturated carbocycles. The molecule has 0 radical (unpaired) electrons. The second-order valence-corrected chi connectivity index (χ2v) is 7.33. The average molecular weight is 364 g/mol. The van der Waals surface area contributed by atoms with Crippen molar-refractivity contribution in [3.05, 3.63) is 77.9 Å². The Hall–Kier alpha value is -2.36. The van der Waals surface area contributed by atoms with Gasteiger partial charge >= 0.3 is 0 Å². The number of aliphatic hydroxyl groups is 1. The maximum atomic E-state index is 10.7. The Labute approximate surface area is 162 Å². The van der Waals surface area contributed by atoms with Gasteiger partial charge in [-0.3, -0.25) is 4.90 Å². The second-order valence-electron chi connectivity index (χ2n) is 7.33. The quantitative estimate of drug-likeness (QED) is 0.598. The van der Waals surface area contributed by atoms with Crippen molar-refractivity contribution in [3.8, 4) is 5.75 Å². The van der Waals surface area contributed by atoms with E-state index in [1.807, 2.05) is 30.3 Å². The molecule has 0 aliphatic heterocycles. The monoisotopic (exact) mass is 363 g/mol. The first-order valence-electron chi connectivity index (χ1n) is 9.60. The molecule has 0 amide bonds. The predicted molar refractivity (Wildman–Crippen MR) is 112 cm³/mol. The van der Waals surface area contributed by atoms with Crippen LogP contribution in [0.25, 0.3) is 10.8 Å². The first-order valence-corrected chi connectivity index (χ1v) is 9.60. The highest BCUT2D eigenvalue weighted by atomic mass is 16.5. The van der Waals surface area contributed by atoms with Crippen LogP contribution in [0.2, 0.25) is 0 Å². The summed E-state index contributed by atoms with van der Waals surface area (Å²) in [5.41, 5.74) is 2.27. The molecule has 0 saturated heterocycles. The maximum absolute atomic E-state index is 10.7. The summed E-state index contributed by atoms with van der Waals surface area (Å²) in [4.78, 5) is 2.41. The fraction of sp³-hybridized carbons (Fsp3) is 0.333. The first kappa shape index (κ1) is 19.4. The largest absolute Gasteiger partial charge is 0.497 e. The maximum Gasteiger partial charge on any atom is 0.119 e. The molecule has 3 rings (SSSR count). The summed E-state index contributed by atoms with van der Waals surface area (Å²) in [6.45, 7) is 6.18. The van der Waals surface area contributed by atoms with Crippen LogP contribution in [0.1, 0.15) is 37.5 Å². The Morgan fingerprint density at radius 1 is 0.926 bits per heavy atom. The van der Waals surface area contributed by atoms with Crippen LogP contribution in [-0.2, 0) is 6.54 Å². The molecule has 1 atom stereocenters. The fourth-order valence-corrected chi connectivity index (χ4v) is 3.37. The van der Waals surface area contributed by atoms with E-state index in [1.165, 1.54) is 5.56 Å². The topological polar surface area (TPSA) is 32.7 Å². The number of rotatable bonds is 8. The van der Waals surface area contributed by atoms with E-state index < -0.39 is 6.10 Å². The van der Waals surface area contributed by atoms with Crippen molar-refractivity contribution in [1.82, 2.24) is 4.90 Å². The standard InChI is InChI=1S/C24H29NO2/c1-18(2)25(17-19-7-5-4-6-8-19)14-13-24(26)22-10-9-21-16-23(27-3)12-11-20(21)15-22/h4-12,15-16,18,24,26H,13-14,17H2,1-3H3. The molecule has 3 heteroatoms. The van der Waals surface area contributed by atoms with E-state index in [0.717, 1.165) is 35.2 Å². The molecule has 0 aliphatic carbocycles. The van der Waals surface area contributed by atoms with Crippen molar-refractivity contribution in [1.29, 1.82) is 0 Å². The first-order chi connectivity index (χ1) is 13.1. The van der Waals surface area contributed by atoms with Crippen LogP contribution in [0, 0.1) is 0 Å². The normalized spacial score (nSPS) is 12.7. The number of benzene rings is 3. The van der Waals surface area contributed by atoms with Gasteiger partial charge in [-0.2, -0.15) is 0 Å². The molecule has 0 heterocycles. The zero-order valence-corrected chi connectivity index (χ0v) is 16.4. The average Bonchev–Trinajstić information content (AvgIpc) is 2.70. The van der Waals surface area contributed by atoms with Crippen molar-refractivity contribution < 1.29 is 9.84 Å². The predicted octanol–water partition coefficient (Wildman–Crippen LogP) is 5.18. The summed E-state index contributed by atoms with van der Waals surface area (Å²) in [5.74, 6) is 0.851. The van der Waals surface area contributed by atoms with Crippen LogP contribution in [0.15, 0.2) is 66.7 Å². The summed E-state index contributed by atoms with van der Waals surface area (Å²) in [6, 6.07) is 23.1. The van der Waals surface area contributed by atoms with Gasteiger partial charge < -0.3 is 9.84 Å². The minimum atomic E-state index is -0.464. The number of nitrogens with zero attached hydrogens (tertiary/aromatic N) is 1. The van der Waals surface area contributed by atoms with Crippen LogP contribution in [0.3, 0.4) is 0 Å². The van der Waals surface area contributed by atoms with Gasteiger partial charge in [-0.15, -0.1) is 0 Å². The molecule has 0 aromatic heterocycles. The molecule has 142 valence electrons. The van der Waals surface area contributed by atoms with Crippen molar-refractivity contribution >= 4 is 10.8 Å². The van der Waals surface area contributed by atoms with E-state index in [-0.39, 0.29) is 0 Å². The smallest absolute Gasteiger partial charge is 0.119 e. The van der Waals surface area contributed by atoms with Gasteiger partial charge in [0.1, 0.15) is 5.75 Å². The van der Waals surface area contributed by atoms with Crippen LogP contribution in [0.5, 0.6) is 5.75 Å². The lowest BCUT2D eigenvalue weighted by Crippen LogP contribution is -2.32. The van der Waals surface area contributed by atoms with Crippen molar-refractivity contribution in [2.75, 3.05) is 13.7 Å². The highest BCUT2D eigenvalue weighted by Gasteiger charge is 2.14. The third kappa shape index (κ3) is 5.09. The minimum absolute atomic E-state index is 0.432. The minimum Gasteiger partial charge on any atom is -0.497 e. The lowest BCUT2D eigenvalue weighted by atomic mass is 10.0. The molecule has 3 aromatic rings. The Balaban J connectivity index is 1.66. The molecule has 3 aromatic carbocycles. The van der Waals surface area contributed by atoms with Gasteiger partial charge in [0.15, 0.2) is 0 Å². The van der Waals surface area contributed by atoms with Gasteiger partial charge in [-0.1, -0.05) is 48.5 Å². The Morgan fingerprint density at radius 3 is 2.33 bits per heavy atom. The molecule has 0 aliphatic rings. The van der Waals surface area contributed by atoms with Crippen molar-refractivity contribution in [2.24, 2.45) is 0 Å².